The van der Waals surface area contributed by atoms with Crippen LogP contribution in [-0.4, -0.2) is 22.4 Å². The van der Waals surface area contributed by atoms with E-state index in [2.05, 4.69) is 10.3 Å². The summed E-state index contributed by atoms with van der Waals surface area (Å²) < 4.78 is 12.9. The Morgan fingerprint density at radius 3 is 2.48 bits per heavy atom. The van der Waals surface area contributed by atoms with E-state index in [0.717, 1.165) is 27.1 Å². The number of aromatic nitrogens is 1. The molecule has 0 aliphatic carbocycles. The summed E-state index contributed by atoms with van der Waals surface area (Å²) in [7, 11) is 0. The number of hydrogen-bond acceptors (Lipinski definition) is 4. The lowest BCUT2D eigenvalue weighted by Crippen LogP contribution is -2.20. The van der Waals surface area contributed by atoms with Gasteiger partial charge in [-0.15, -0.1) is 23.5 Å². The number of amides is 1. The van der Waals surface area contributed by atoms with Crippen molar-refractivity contribution in [3.63, 3.8) is 0 Å². The van der Waals surface area contributed by atoms with Crippen molar-refractivity contribution in [3.05, 3.63) is 48.4 Å². The first-order valence-electron chi connectivity index (χ1n) is 8.09. The molecule has 2 aromatic rings. The molecule has 134 valence electrons. The van der Waals surface area contributed by atoms with E-state index in [1.54, 1.807) is 41.9 Å². The normalized spacial score (nSPS) is 11.4. The predicted octanol–water partition coefficient (Wildman–Crippen LogP) is 5.48. The highest BCUT2D eigenvalue weighted by Crippen LogP contribution is 2.28. The Balaban J connectivity index is 1.85. The lowest BCUT2D eigenvalue weighted by atomic mass is 9.92. The van der Waals surface area contributed by atoms with Gasteiger partial charge in [0.15, 0.2) is 0 Å². The molecule has 0 unspecified atom stereocenters. The van der Waals surface area contributed by atoms with Crippen LogP contribution in [-0.2, 0) is 4.79 Å². The van der Waals surface area contributed by atoms with Crippen LogP contribution in [0.2, 0.25) is 0 Å². The zero-order chi connectivity index (χ0) is 18.3. The molecule has 0 saturated carbocycles. The largest absolute Gasteiger partial charge is 0.324 e. The smallest absolute Gasteiger partial charge is 0.224 e. The summed E-state index contributed by atoms with van der Waals surface area (Å²) >= 11 is 3.28. The Labute approximate surface area is 157 Å². The number of nitrogens with one attached hydrogen (secondary N) is 1. The number of hydrogen-bond donors (Lipinski definition) is 1. The van der Waals surface area contributed by atoms with E-state index in [4.69, 9.17) is 0 Å². The monoisotopic (exact) mass is 378 g/mol. The molecule has 0 spiro atoms. The fourth-order valence-corrected chi connectivity index (χ4v) is 3.94. The maximum absolute atomic E-state index is 12.9. The molecule has 0 saturated heterocycles. The van der Waals surface area contributed by atoms with Crippen LogP contribution in [0.15, 0.2) is 52.5 Å². The predicted molar refractivity (Wildman–Crippen MR) is 105 cm³/mol. The van der Waals surface area contributed by atoms with E-state index >= 15 is 0 Å². The SMILES string of the molecule is CC(C)(C)CC(=O)Nc1cccnc1SCCSc1ccc(F)cc1. The first-order valence-corrected chi connectivity index (χ1v) is 10.1. The van der Waals surface area contributed by atoms with Crippen molar-refractivity contribution in [3.8, 4) is 0 Å². The maximum Gasteiger partial charge on any atom is 0.224 e. The second-order valence-corrected chi connectivity index (χ2v) is 9.04. The summed E-state index contributed by atoms with van der Waals surface area (Å²) in [6.45, 7) is 6.12. The van der Waals surface area contributed by atoms with Crippen molar-refractivity contribution in [1.82, 2.24) is 4.98 Å². The quantitative estimate of drug-likeness (QED) is 0.512. The second kappa shape index (κ2) is 9.25. The van der Waals surface area contributed by atoms with E-state index in [1.165, 1.54) is 12.1 Å². The molecule has 1 aromatic heterocycles. The minimum absolute atomic E-state index is 0.00281. The van der Waals surface area contributed by atoms with Crippen molar-refractivity contribution < 1.29 is 9.18 Å². The van der Waals surface area contributed by atoms with Crippen LogP contribution in [0.5, 0.6) is 0 Å². The van der Waals surface area contributed by atoms with Gasteiger partial charge in [0.1, 0.15) is 10.8 Å². The third kappa shape index (κ3) is 7.48. The molecule has 0 atom stereocenters. The molecule has 0 aliphatic heterocycles. The number of rotatable bonds is 7. The Hall–Kier alpha value is -1.53. The van der Waals surface area contributed by atoms with Crippen LogP contribution in [0.3, 0.4) is 0 Å². The molecule has 1 amide bonds. The number of halogens is 1. The van der Waals surface area contributed by atoms with E-state index in [9.17, 15) is 9.18 Å². The minimum Gasteiger partial charge on any atom is -0.324 e. The number of benzene rings is 1. The number of carbonyl (C=O) groups is 1. The molecule has 1 heterocycles. The molecule has 25 heavy (non-hydrogen) atoms. The lowest BCUT2D eigenvalue weighted by Gasteiger charge is -2.18. The molecule has 3 nitrogen and oxygen atoms in total. The van der Waals surface area contributed by atoms with Crippen LogP contribution < -0.4 is 5.32 Å². The Kier molecular flexibility index (Phi) is 7.32. The van der Waals surface area contributed by atoms with Gasteiger partial charge in [0.05, 0.1) is 5.69 Å². The molecular weight excluding hydrogens is 355 g/mol. The molecular formula is C19H23FN2OS2. The Morgan fingerprint density at radius 1 is 1.12 bits per heavy atom. The maximum atomic E-state index is 12.9. The van der Waals surface area contributed by atoms with Crippen LogP contribution in [0.1, 0.15) is 27.2 Å². The number of thioether (sulfide) groups is 2. The van der Waals surface area contributed by atoms with Gasteiger partial charge >= 0.3 is 0 Å². The van der Waals surface area contributed by atoms with Crippen molar-refractivity contribution in [1.29, 1.82) is 0 Å². The number of anilines is 1. The van der Waals surface area contributed by atoms with Gasteiger partial charge in [-0.2, -0.15) is 0 Å². The van der Waals surface area contributed by atoms with Gasteiger partial charge < -0.3 is 5.32 Å². The van der Waals surface area contributed by atoms with Gasteiger partial charge in [-0.25, -0.2) is 9.37 Å². The molecule has 1 aromatic carbocycles. The molecule has 0 radical (unpaired) electrons. The lowest BCUT2D eigenvalue weighted by molar-refractivity contribution is -0.117. The standard InChI is InChI=1S/C19H23FN2OS2/c1-19(2,3)13-17(23)22-16-5-4-10-21-18(16)25-12-11-24-15-8-6-14(20)7-9-15/h4-10H,11-13H2,1-3H3,(H,22,23). The molecule has 1 N–H and O–H groups in total. The van der Waals surface area contributed by atoms with Crippen LogP contribution in [0.25, 0.3) is 0 Å². The molecule has 0 aliphatic rings. The summed E-state index contributed by atoms with van der Waals surface area (Å²) in [5.41, 5.74) is 0.708. The number of nitrogens with zero attached hydrogens (tertiary/aromatic N) is 1. The van der Waals surface area contributed by atoms with Gasteiger partial charge in [-0.1, -0.05) is 20.8 Å². The molecule has 6 heteroatoms. The summed E-state index contributed by atoms with van der Waals surface area (Å²) in [6, 6.07) is 10.2. The van der Waals surface area contributed by atoms with E-state index in [0.29, 0.717) is 6.42 Å². The van der Waals surface area contributed by atoms with E-state index in [1.807, 2.05) is 32.9 Å². The zero-order valence-corrected chi connectivity index (χ0v) is 16.3. The van der Waals surface area contributed by atoms with Gasteiger partial charge in [0.25, 0.3) is 0 Å². The highest BCUT2D eigenvalue weighted by molar-refractivity contribution is 8.03. The van der Waals surface area contributed by atoms with E-state index < -0.39 is 0 Å². The first-order chi connectivity index (χ1) is 11.8. The first kappa shape index (κ1) is 19.8. The molecule has 2 rings (SSSR count). The van der Waals surface area contributed by atoms with Gasteiger partial charge in [0.2, 0.25) is 5.91 Å². The summed E-state index contributed by atoms with van der Waals surface area (Å²) in [5, 5.41) is 3.78. The molecule has 0 bridgehead atoms. The molecule has 0 fully saturated rings. The Morgan fingerprint density at radius 2 is 1.80 bits per heavy atom. The topological polar surface area (TPSA) is 42.0 Å². The van der Waals surface area contributed by atoms with Crippen LogP contribution >= 0.6 is 23.5 Å². The summed E-state index contributed by atoms with van der Waals surface area (Å²) in [5.74, 6) is 1.51. The van der Waals surface area contributed by atoms with Crippen molar-refractivity contribution in [2.24, 2.45) is 5.41 Å². The fourth-order valence-electron chi connectivity index (χ4n) is 2.11. The third-order valence-corrected chi connectivity index (χ3v) is 5.42. The highest BCUT2D eigenvalue weighted by atomic mass is 32.2. The van der Waals surface area contributed by atoms with Crippen molar-refractivity contribution >= 4 is 35.1 Å². The zero-order valence-electron chi connectivity index (χ0n) is 14.7. The number of carbonyl (C=O) groups excluding carboxylic acids is 1. The second-order valence-electron chi connectivity index (χ2n) is 6.79. The van der Waals surface area contributed by atoms with E-state index in [-0.39, 0.29) is 17.1 Å². The van der Waals surface area contributed by atoms with Crippen LogP contribution in [0.4, 0.5) is 10.1 Å². The highest BCUT2D eigenvalue weighted by Gasteiger charge is 2.17. The fraction of sp³-hybridized carbons (Fsp3) is 0.368. The third-order valence-electron chi connectivity index (χ3n) is 3.14. The van der Waals surface area contributed by atoms with Gasteiger partial charge in [-0.05, 0) is 41.8 Å². The summed E-state index contributed by atoms with van der Waals surface area (Å²) in [4.78, 5) is 17.6. The van der Waals surface area contributed by atoms with Gasteiger partial charge in [-0.3, -0.25) is 4.79 Å². The summed E-state index contributed by atoms with van der Waals surface area (Å²) in [6.07, 6.45) is 2.20. The minimum atomic E-state index is -0.220. The van der Waals surface area contributed by atoms with Crippen molar-refractivity contribution in [2.75, 3.05) is 16.8 Å². The van der Waals surface area contributed by atoms with Gasteiger partial charge in [0, 0.05) is 29.0 Å². The number of pyridine rings is 1. The Bertz CT molecular complexity index is 699. The average molecular weight is 379 g/mol. The van der Waals surface area contributed by atoms with Crippen molar-refractivity contribution in [2.45, 2.75) is 37.1 Å². The average Bonchev–Trinajstić information content (AvgIpc) is 2.53. The van der Waals surface area contributed by atoms with Crippen LogP contribution in [0, 0.1) is 11.2 Å².